The fraction of sp³-hybridized carbons (Fsp3) is 0.429. The number of ether oxygens (including phenoxy) is 1. The fourth-order valence-corrected chi connectivity index (χ4v) is 2.62. The Bertz CT molecular complexity index is 539. The maximum absolute atomic E-state index is 5.98. The maximum atomic E-state index is 5.98. The Morgan fingerprint density at radius 3 is 2.35 bits per heavy atom. The Balaban J connectivity index is 1.73. The Hall–Kier alpha value is -1.80. The summed E-state index contributed by atoms with van der Waals surface area (Å²) >= 11 is 0. The van der Waals surface area contributed by atoms with Gasteiger partial charge in [-0.05, 0) is 18.1 Å². The van der Waals surface area contributed by atoms with Crippen LogP contribution in [-0.4, -0.2) is 6.61 Å². The highest BCUT2D eigenvalue weighted by Gasteiger charge is 2.02. The van der Waals surface area contributed by atoms with E-state index in [4.69, 9.17) is 4.74 Å². The molecular weight excluding hydrogens is 282 g/mol. The van der Waals surface area contributed by atoms with E-state index in [0.717, 1.165) is 31.9 Å². The first-order chi connectivity index (χ1) is 11.4. The predicted octanol–water partition coefficient (Wildman–Crippen LogP) is 5.33. The van der Waals surface area contributed by atoms with Gasteiger partial charge in [-0.3, -0.25) is 0 Å². The molecule has 2 rings (SSSR count). The van der Waals surface area contributed by atoms with Crippen LogP contribution in [0.15, 0.2) is 54.6 Å². The number of para-hydroxylation sites is 1. The van der Waals surface area contributed by atoms with Crippen LogP contribution in [0, 0.1) is 0 Å². The van der Waals surface area contributed by atoms with E-state index in [9.17, 15) is 0 Å². The molecule has 2 heteroatoms. The second-order valence-corrected chi connectivity index (χ2v) is 5.96. The minimum atomic E-state index is 0.819. The summed E-state index contributed by atoms with van der Waals surface area (Å²) in [6.07, 6.45) is 6.35. The molecule has 0 saturated carbocycles. The highest BCUT2D eigenvalue weighted by Crippen LogP contribution is 2.18. The minimum absolute atomic E-state index is 0.819. The highest BCUT2D eigenvalue weighted by atomic mass is 16.5. The SMILES string of the molecule is CCCCCCCOc1ccccc1CNCc1ccccc1. The third-order valence-corrected chi connectivity index (χ3v) is 3.97. The number of benzene rings is 2. The molecule has 2 nitrogen and oxygen atoms in total. The van der Waals surface area contributed by atoms with Crippen LogP contribution in [0.5, 0.6) is 5.75 Å². The number of rotatable bonds is 11. The van der Waals surface area contributed by atoms with Crippen molar-refractivity contribution in [3.8, 4) is 5.75 Å². The molecule has 0 aliphatic heterocycles. The Morgan fingerprint density at radius 2 is 1.52 bits per heavy atom. The molecule has 23 heavy (non-hydrogen) atoms. The van der Waals surface area contributed by atoms with Crippen LogP contribution in [-0.2, 0) is 13.1 Å². The second-order valence-electron chi connectivity index (χ2n) is 5.96. The quantitative estimate of drug-likeness (QED) is 0.567. The van der Waals surface area contributed by atoms with Gasteiger partial charge in [0.1, 0.15) is 5.75 Å². The van der Waals surface area contributed by atoms with E-state index >= 15 is 0 Å². The summed E-state index contributed by atoms with van der Waals surface area (Å²) in [5.41, 5.74) is 2.54. The Kier molecular flexibility index (Phi) is 8.28. The standard InChI is InChI=1S/C21H29NO/c1-2-3-4-5-11-16-23-21-15-10-9-14-20(21)18-22-17-19-12-7-6-8-13-19/h6-10,12-15,22H,2-5,11,16-18H2,1H3. The van der Waals surface area contributed by atoms with Crippen molar-refractivity contribution in [2.45, 2.75) is 52.1 Å². The van der Waals surface area contributed by atoms with Gasteiger partial charge in [0, 0.05) is 18.7 Å². The second kappa shape index (κ2) is 10.8. The molecule has 0 fully saturated rings. The summed E-state index contributed by atoms with van der Waals surface area (Å²) in [6, 6.07) is 18.8. The van der Waals surface area contributed by atoms with Gasteiger partial charge in [-0.2, -0.15) is 0 Å². The fourth-order valence-electron chi connectivity index (χ4n) is 2.62. The summed E-state index contributed by atoms with van der Waals surface area (Å²) in [6.45, 7) is 4.78. The lowest BCUT2D eigenvalue weighted by molar-refractivity contribution is 0.301. The highest BCUT2D eigenvalue weighted by molar-refractivity contribution is 5.33. The zero-order chi connectivity index (χ0) is 16.2. The average molecular weight is 311 g/mol. The smallest absolute Gasteiger partial charge is 0.123 e. The lowest BCUT2D eigenvalue weighted by Gasteiger charge is -2.12. The largest absolute Gasteiger partial charge is 0.493 e. The molecule has 0 heterocycles. The van der Waals surface area contributed by atoms with Gasteiger partial charge in [0.2, 0.25) is 0 Å². The van der Waals surface area contributed by atoms with Crippen molar-refractivity contribution in [1.82, 2.24) is 5.32 Å². The molecule has 0 atom stereocenters. The van der Waals surface area contributed by atoms with Crippen molar-refractivity contribution in [2.24, 2.45) is 0 Å². The predicted molar refractivity (Wildman–Crippen MR) is 97.7 cm³/mol. The van der Waals surface area contributed by atoms with Gasteiger partial charge >= 0.3 is 0 Å². The Morgan fingerprint density at radius 1 is 0.783 bits per heavy atom. The topological polar surface area (TPSA) is 21.3 Å². The molecule has 0 spiro atoms. The first-order valence-corrected chi connectivity index (χ1v) is 8.85. The lowest BCUT2D eigenvalue weighted by Crippen LogP contribution is -2.13. The van der Waals surface area contributed by atoms with E-state index in [2.05, 4.69) is 54.7 Å². The van der Waals surface area contributed by atoms with Crippen LogP contribution in [0.25, 0.3) is 0 Å². The van der Waals surface area contributed by atoms with Crippen LogP contribution in [0.2, 0.25) is 0 Å². The van der Waals surface area contributed by atoms with Crippen molar-refractivity contribution in [1.29, 1.82) is 0 Å². The first kappa shape index (κ1) is 17.6. The third-order valence-electron chi connectivity index (χ3n) is 3.97. The van der Waals surface area contributed by atoms with Crippen LogP contribution >= 0.6 is 0 Å². The zero-order valence-corrected chi connectivity index (χ0v) is 14.3. The van der Waals surface area contributed by atoms with Gasteiger partial charge in [0.15, 0.2) is 0 Å². The van der Waals surface area contributed by atoms with Crippen molar-refractivity contribution in [3.05, 3.63) is 65.7 Å². The molecule has 0 radical (unpaired) electrons. The van der Waals surface area contributed by atoms with Crippen molar-refractivity contribution < 1.29 is 4.74 Å². The van der Waals surface area contributed by atoms with E-state index in [-0.39, 0.29) is 0 Å². The summed E-state index contributed by atoms with van der Waals surface area (Å²) in [5, 5.41) is 3.50. The maximum Gasteiger partial charge on any atom is 0.123 e. The average Bonchev–Trinajstić information content (AvgIpc) is 2.60. The molecule has 124 valence electrons. The molecule has 0 aromatic heterocycles. The molecule has 0 unspecified atom stereocenters. The number of unbranched alkanes of at least 4 members (excludes halogenated alkanes) is 4. The number of nitrogens with one attached hydrogen (secondary N) is 1. The first-order valence-electron chi connectivity index (χ1n) is 8.85. The van der Waals surface area contributed by atoms with Crippen LogP contribution in [0.3, 0.4) is 0 Å². The Labute approximate surface area is 140 Å². The molecule has 2 aromatic carbocycles. The number of hydrogen-bond donors (Lipinski definition) is 1. The third kappa shape index (κ3) is 6.87. The summed E-state index contributed by atoms with van der Waals surface area (Å²) < 4.78 is 5.98. The van der Waals surface area contributed by atoms with Gasteiger partial charge in [-0.25, -0.2) is 0 Å². The van der Waals surface area contributed by atoms with E-state index in [1.165, 1.54) is 36.8 Å². The number of hydrogen-bond acceptors (Lipinski definition) is 2. The van der Waals surface area contributed by atoms with E-state index in [1.54, 1.807) is 0 Å². The van der Waals surface area contributed by atoms with Crippen molar-refractivity contribution in [3.63, 3.8) is 0 Å². The van der Waals surface area contributed by atoms with Crippen LogP contribution in [0.4, 0.5) is 0 Å². The normalized spacial score (nSPS) is 10.7. The monoisotopic (exact) mass is 311 g/mol. The summed E-state index contributed by atoms with van der Waals surface area (Å²) in [5.74, 6) is 1.02. The molecule has 0 aliphatic rings. The van der Waals surface area contributed by atoms with Crippen molar-refractivity contribution >= 4 is 0 Å². The molecule has 2 aromatic rings. The van der Waals surface area contributed by atoms with E-state index in [1.807, 2.05) is 12.1 Å². The molecule has 0 amide bonds. The van der Waals surface area contributed by atoms with Crippen molar-refractivity contribution in [2.75, 3.05) is 6.61 Å². The van der Waals surface area contributed by atoms with Gasteiger partial charge < -0.3 is 10.1 Å². The zero-order valence-electron chi connectivity index (χ0n) is 14.3. The van der Waals surface area contributed by atoms with Gasteiger partial charge in [-0.1, -0.05) is 81.1 Å². The van der Waals surface area contributed by atoms with Gasteiger partial charge in [0.25, 0.3) is 0 Å². The molecule has 0 aliphatic carbocycles. The summed E-state index contributed by atoms with van der Waals surface area (Å²) in [7, 11) is 0. The minimum Gasteiger partial charge on any atom is -0.493 e. The van der Waals surface area contributed by atoms with E-state index in [0.29, 0.717) is 0 Å². The van der Waals surface area contributed by atoms with Gasteiger partial charge in [-0.15, -0.1) is 0 Å². The molecular formula is C21H29NO. The van der Waals surface area contributed by atoms with Crippen LogP contribution in [0.1, 0.15) is 50.2 Å². The summed E-state index contributed by atoms with van der Waals surface area (Å²) in [4.78, 5) is 0. The lowest BCUT2D eigenvalue weighted by atomic mass is 10.1. The van der Waals surface area contributed by atoms with Gasteiger partial charge in [0.05, 0.1) is 6.61 Å². The molecule has 0 saturated heterocycles. The van der Waals surface area contributed by atoms with Crippen LogP contribution < -0.4 is 10.1 Å². The molecule has 1 N–H and O–H groups in total. The van der Waals surface area contributed by atoms with E-state index < -0.39 is 0 Å². The molecule has 0 bridgehead atoms.